The number of aromatic nitrogens is 4. The van der Waals surface area contributed by atoms with Gasteiger partial charge in [0.1, 0.15) is 5.69 Å². The van der Waals surface area contributed by atoms with Crippen LogP contribution in [0.25, 0.3) is 0 Å². The van der Waals surface area contributed by atoms with Crippen molar-refractivity contribution in [2.75, 3.05) is 10.6 Å². The smallest absolute Gasteiger partial charge is 0.293 e. The Morgan fingerprint density at radius 2 is 1.88 bits per heavy atom. The van der Waals surface area contributed by atoms with Crippen molar-refractivity contribution in [2.24, 2.45) is 0 Å². The largest absolute Gasteiger partial charge is 0.371 e. The van der Waals surface area contributed by atoms with Gasteiger partial charge in [-0.25, -0.2) is 0 Å². The van der Waals surface area contributed by atoms with Crippen molar-refractivity contribution in [3.05, 3.63) is 106 Å². The minimum absolute atomic E-state index is 0.150. The first-order valence-electron chi connectivity index (χ1n) is 10.2. The average molecular weight is 443 g/mol. The highest BCUT2D eigenvalue weighted by molar-refractivity contribution is 6.04. The van der Waals surface area contributed by atoms with Crippen LogP contribution in [0.5, 0.6) is 0 Å². The van der Waals surface area contributed by atoms with Crippen LogP contribution in [-0.4, -0.2) is 30.6 Å². The summed E-state index contributed by atoms with van der Waals surface area (Å²) in [5.41, 5.74) is 1.82. The molecule has 10 nitrogen and oxygen atoms in total. The number of anilines is 2. The zero-order chi connectivity index (χ0) is 23.2. The lowest BCUT2D eigenvalue weighted by Crippen LogP contribution is -2.14. The number of hydrogen-bond donors (Lipinski definition) is 2. The van der Waals surface area contributed by atoms with E-state index in [2.05, 4.69) is 25.7 Å². The lowest BCUT2D eigenvalue weighted by molar-refractivity contribution is -0.384. The summed E-state index contributed by atoms with van der Waals surface area (Å²) in [6.07, 6.45) is 5.08. The van der Waals surface area contributed by atoms with Gasteiger partial charge in [0.25, 0.3) is 11.6 Å². The molecule has 1 unspecified atom stereocenters. The lowest BCUT2D eigenvalue weighted by Gasteiger charge is -2.15. The van der Waals surface area contributed by atoms with Crippen LogP contribution in [0.15, 0.2) is 79.3 Å². The summed E-state index contributed by atoms with van der Waals surface area (Å²) in [4.78, 5) is 32.3. The maximum atomic E-state index is 12.7. The molecule has 2 N–H and O–H groups in total. The quantitative estimate of drug-likeness (QED) is 0.310. The Labute approximate surface area is 189 Å². The monoisotopic (exact) mass is 443 g/mol. The van der Waals surface area contributed by atoms with Gasteiger partial charge in [-0.15, -0.1) is 0 Å². The number of hydrogen-bond acceptors (Lipinski definition) is 7. The SMILES string of the molecule is CC(Nc1ccc(C(=O)Nc2ccn(Cc3ccccn3)n2)cc1[N+](=O)[O-])c1ccccn1. The molecule has 0 aliphatic carbocycles. The van der Waals surface area contributed by atoms with Crippen LogP contribution >= 0.6 is 0 Å². The van der Waals surface area contributed by atoms with E-state index < -0.39 is 10.8 Å². The van der Waals surface area contributed by atoms with Gasteiger partial charge in [-0.3, -0.25) is 29.6 Å². The molecule has 3 aromatic heterocycles. The van der Waals surface area contributed by atoms with E-state index in [1.807, 2.05) is 37.3 Å². The molecule has 3 heterocycles. The normalized spacial score (nSPS) is 11.5. The van der Waals surface area contributed by atoms with Gasteiger partial charge >= 0.3 is 0 Å². The van der Waals surface area contributed by atoms with Crippen molar-refractivity contribution in [1.29, 1.82) is 0 Å². The predicted octanol–water partition coefficient (Wildman–Crippen LogP) is 4.06. The number of nitrogens with one attached hydrogen (secondary N) is 2. The van der Waals surface area contributed by atoms with Crippen LogP contribution in [0.3, 0.4) is 0 Å². The predicted molar refractivity (Wildman–Crippen MR) is 123 cm³/mol. The number of carbonyl (C=O) groups excluding carboxylic acids is 1. The van der Waals surface area contributed by atoms with E-state index in [9.17, 15) is 14.9 Å². The van der Waals surface area contributed by atoms with E-state index in [1.54, 1.807) is 35.4 Å². The molecule has 166 valence electrons. The third-order valence-corrected chi connectivity index (χ3v) is 4.89. The highest BCUT2D eigenvalue weighted by Gasteiger charge is 2.20. The molecule has 4 aromatic rings. The average Bonchev–Trinajstić information content (AvgIpc) is 3.26. The summed E-state index contributed by atoms with van der Waals surface area (Å²) in [6, 6.07) is 16.8. The standard InChI is InChI=1S/C23H21N7O3/c1-16(19-7-3-5-12-25-19)26-20-9-8-17(14-21(20)30(32)33)23(31)27-22-10-13-29(28-22)15-18-6-2-4-11-24-18/h2-14,16,26H,15H2,1H3,(H,27,28,31). The molecule has 0 saturated heterocycles. The fourth-order valence-corrected chi connectivity index (χ4v) is 3.25. The molecule has 0 fully saturated rings. The summed E-state index contributed by atoms with van der Waals surface area (Å²) in [5.74, 6) is -0.157. The maximum absolute atomic E-state index is 12.7. The number of pyridine rings is 2. The number of nitrogens with zero attached hydrogens (tertiary/aromatic N) is 5. The molecule has 33 heavy (non-hydrogen) atoms. The molecule has 1 amide bonds. The van der Waals surface area contributed by atoms with Crippen LogP contribution < -0.4 is 10.6 Å². The summed E-state index contributed by atoms with van der Waals surface area (Å²) >= 11 is 0. The molecular weight excluding hydrogens is 422 g/mol. The highest BCUT2D eigenvalue weighted by atomic mass is 16.6. The Kier molecular flexibility index (Phi) is 6.35. The molecule has 0 aliphatic heterocycles. The van der Waals surface area contributed by atoms with Crippen molar-refractivity contribution in [3.63, 3.8) is 0 Å². The first-order chi connectivity index (χ1) is 16.0. The van der Waals surface area contributed by atoms with Crippen molar-refractivity contribution in [2.45, 2.75) is 19.5 Å². The van der Waals surface area contributed by atoms with Crippen molar-refractivity contribution in [1.82, 2.24) is 19.7 Å². The minimum atomic E-state index is -0.522. The molecule has 0 spiro atoms. The molecule has 0 radical (unpaired) electrons. The molecule has 10 heteroatoms. The van der Waals surface area contributed by atoms with Gasteiger partial charge in [0.05, 0.1) is 28.9 Å². The third kappa shape index (κ3) is 5.37. The Hall–Kier alpha value is -4.60. The van der Waals surface area contributed by atoms with Gasteiger partial charge in [-0.05, 0) is 43.3 Å². The number of rotatable bonds is 8. The van der Waals surface area contributed by atoms with Crippen LogP contribution in [-0.2, 0) is 6.54 Å². The second kappa shape index (κ2) is 9.69. The van der Waals surface area contributed by atoms with Gasteiger partial charge in [0, 0.05) is 36.3 Å². The first-order valence-corrected chi connectivity index (χ1v) is 10.2. The second-order valence-electron chi connectivity index (χ2n) is 7.28. The first kappa shape index (κ1) is 21.6. The summed E-state index contributed by atoms with van der Waals surface area (Å²) in [7, 11) is 0. The Morgan fingerprint density at radius 1 is 1.09 bits per heavy atom. The second-order valence-corrected chi connectivity index (χ2v) is 7.28. The van der Waals surface area contributed by atoms with E-state index >= 15 is 0 Å². The highest BCUT2D eigenvalue weighted by Crippen LogP contribution is 2.29. The van der Waals surface area contributed by atoms with Crippen LogP contribution in [0.1, 0.15) is 34.7 Å². The zero-order valence-electron chi connectivity index (χ0n) is 17.8. The van der Waals surface area contributed by atoms with Crippen molar-refractivity contribution < 1.29 is 9.72 Å². The number of nitro groups is 1. The number of amides is 1. The molecule has 1 atom stereocenters. The van der Waals surface area contributed by atoms with E-state index in [0.29, 0.717) is 18.1 Å². The summed E-state index contributed by atoms with van der Waals surface area (Å²) < 4.78 is 1.65. The topological polar surface area (TPSA) is 128 Å². The van der Waals surface area contributed by atoms with E-state index in [1.165, 1.54) is 18.2 Å². The lowest BCUT2D eigenvalue weighted by atomic mass is 10.1. The molecule has 1 aromatic carbocycles. The van der Waals surface area contributed by atoms with Gasteiger partial charge in [0.15, 0.2) is 5.82 Å². The van der Waals surface area contributed by atoms with E-state index in [0.717, 1.165) is 11.4 Å². The Balaban J connectivity index is 1.47. The van der Waals surface area contributed by atoms with Gasteiger partial charge in [-0.1, -0.05) is 12.1 Å². The van der Waals surface area contributed by atoms with Crippen molar-refractivity contribution in [3.8, 4) is 0 Å². The molecule has 0 bridgehead atoms. The summed E-state index contributed by atoms with van der Waals surface area (Å²) in [6.45, 7) is 2.31. The van der Waals surface area contributed by atoms with Gasteiger partial charge < -0.3 is 10.6 Å². The molecular formula is C23H21N7O3. The Bertz CT molecular complexity index is 1260. The minimum Gasteiger partial charge on any atom is -0.371 e. The van der Waals surface area contributed by atoms with Crippen LogP contribution in [0.4, 0.5) is 17.2 Å². The fourth-order valence-electron chi connectivity index (χ4n) is 3.25. The van der Waals surface area contributed by atoms with Crippen LogP contribution in [0, 0.1) is 10.1 Å². The van der Waals surface area contributed by atoms with Crippen molar-refractivity contribution >= 4 is 23.1 Å². The number of nitro benzene ring substituents is 1. The number of carbonyl (C=O) groups is 1. The van der Waals surface area contributed by atoms with Gasteiger partial charge in [-0.2, -0.15) is 5.10 Å². The van der Waals surface area contributed by atoms with E-state index in [4.69, 9.17) is 0 Å². The van der Waals surface area contributed by atoms with Crippen LogP contribution in [0.2, 0.25) is 0 Å². The molecule has 0 saturated carbocycles. The number of benzene rings is 1. The van der Waals surface area contributed by atoms with E-state index in [-0.39, 0.29) is 17.3 Å². The maximum Gasteiger partial charge on any atom is 0.293 e. The van der Waals surface area contributed by atoms with Gasteiger partial charge in [0.2, 0.25) is 0 Å². The summed E-state index contributed by atoms with van der Waals surface area (Å²) in [5, 5.41) is 21.7. The fraction of sp³-hybridized carbons (Fsp3) is 0.130. The molecule has 4 rings (SSSR count). The molecule has 0 aliphatic rings. The third-order valence-electron chi connectivity index (χ3n) is 4.89. The zero-order valence-corrected chi connectivity index (χ0v) is 17.8. The Morgan fingerprint density at radius 3 is 2.58 bits per heavy atom.